The Bertz CT molecular complexity index is 995. The van der Waals surface area contributed by atoms with Gasteiger partial charge in [0.1, 0.15) is 6.54 Å². The summed E-state index contributed by atoms with van der Waals surface area (Å²) >= 11 is 0. The molecule has 3 rings (SSSR count). The summed E-state index contributed by atoms with van der Waals surface area (Å²) in [4.78, 5) is 16.5. The number of hydrogen-bond acceptors (Lipinski definition) is 5. The molecule has 152 valence electrons. The summed E-state index contributed by atoms with van der Waals surface area (Å²) < 4.78 is 13.0. The molecule has 0 unspecified atom stereocenters. The van der Waals surface area contributed by atoms with E-state index in [0.29, 0.717) is 24.0 Å². The van der Waals surface area contributed by atoms with E-state index >= 15 is 0 Å². The van der Waals surface area contributed by atoms with Crippen LogP contribution in [0, 0.1) is 5.92 Å². The molecular formula is C22H26N4O3. The fourth-order valence-electron chi connectivity index (χ4n) is 2.79. The van der Waals surface area contributed by atoms with E-state index < -0.39 is 0 Å². The number of benzene rings is 2. The molecule has 0 bridgehead atoms. The van der Waals surface area contributed by atoms with Gasteiger partial charge in [0.15, 0.2) is 11.5 Å². The van der Waals surface area contributed by atoms with Gasteiger partial charge >= 0.3 is 0 Å². The predicted molar refractivity (Wildman–Crippen MR) is 113 cm³/mol. The van der Waals surface area contributed by atoms with E-state index in [1.807, 2.05) is 42.5 Å². The molecule has 0 saturated carbocycles. The van der Waals surface area contributed by atoms with Gasteiger partial charge < -0.3 is 14.0 Å². The fraction of sp³-hybridized carbons (Fsp3) is 0.318. The molecule has 0 fully saturated rings. The lowest BCUT2D eigenvalue weighted by Crippen LogP contribution is -2.22. The molecule has 0 radical (unpaired) electrons. The topological polar surface area (TPSA) is 77.7 Å². The zero-order valence-corrected chi connectivity index (χ0v) is 17.0. The number of ether oxygens (including phenoxy) is 2. The third-order valence-electron chi connectivity index (χ3n) is 4.38. The maximum Gasteiger partial charge on any atom is 0.260 e. The number of nitrogens with zero attached hydrogens (tertiary/aromatic N) is 3. The summed E-state index contributed by atoms with van der Waals surface area (Å²) in [6.07, 6.45) is 4.20. The summed E-state index contributed by atoms with van der Waals surface area (Å²) in [5.41, 5.74) is 5.10. The van der Waals surface area contributed by atoms with Gasteiger partial charge in [-0.05, 0) is 48.2 Å². The Morgan fingerprint density at radius 1 is 1.24 bits per heavy atom. The molecule has 0 aliphatic rings. The minimum absolute atomic E-state index is 0.143. The third kappa shape index (κ3) is 5.57. The number of aromatic nitrogens is 2. The summed E-state index contributed by atoms with van der Waals surface area (Å²) in [5, 5.41) is 4.04. The summed E-state index contributed by atoms with van der Waals surface area (Å²) in [6.45, 7) is 5.09. The molecule has 1 aromatic heterocycles. The standard InChI is InChI=1S/C22H26N4O3/c1-16(2)10-11-29-20-9-8-17(12-21(20)28-3)13-24-25-22(27)14-26-15-23-18-6-4-5-7-19(18)26/h4-9,12-13,15-16H,10-11,14H2,1-3H3,(H,25,27)/b24-13-. The van der Waals surface area contributed by atoms with E-state index in [9.17, 15) is 4.79 Å². The number of fused-ring (bicyclic) bond motifs is 1. The Morgan fingerprint density at radius 3 is 2.86 bits per heavy atom. The molecule has 1 amide bonds. The largest absolute Gasteiger partial charge is 0.493 e. The van der Waals surface area contributed by atoms with Crippen molar-refractivity contribution in [3.8, 4) is 11.5 Å². The molecule has 3 aromatic rings. The minimum Gasteiger partial charge on any atom is -0.493 e. The van der Waals surface area contributed by atoms with Gasteiger partial charge in [-0.3, -0.25) is 4.79 Å². The number of para-hydroxylation sites is 2. The molecule has 7 nitrogen and oxygen atoms in total. The van der Waals surface area contributed by atoms with Crippen LogP contribution in [0.3, 0.4) is 0 Å². The Balaban J connectivity index is 1.57. The normalized spacial score (nSPS) is 11.3. The molecule has 0 saturated heterocycles. The van der Waals surface area contributed by atoms with Gasteiger partial charge in [-0.1, -0.05) is 26.0 Å². The third-order valence-corrected chi connectivity index (χ3v) is 4.38. The van der Waals surface area contributed by atoms with E-state index in [1.54, 1.807) is 24.2 Å². The number of methoxy groups -OCH3 is 1. The fourth-order valence-corrected chi connectivity index (χ4v) is 2.79. The zero-order chi connectivity index (χ0) is 20.6. The van der Waals surface area contributed by atoms with Gasteiger partial charge in [0, 0.05) is 0 Å². The number of hydrogen-bond donors (Lipinski definition) is 1. The van der Waals surface area contributed by atoms with Gasteiger partial charge in [0.25, 0.3) is 5.91 Å². The molecule has 7 heteroatoms. The highest BCUT2D eigenvalue weighted by Crippen LogP contribution is 2.27. The maximum absolute atomic E-state index is 12.2. The van der Waals surface area contributed by atoms with Crippen LogP contribution in [-0.2, 0) is 11.3 Å². The molecular weight excluding hydrogens is 368 g/mol. The molecule has 0 aliphatic heterocycles. The van der Waals surface area contributed by atoms with Crippen LogP contribution in [0.2, 0.25) is 0 Å². The number of nitrogens with one attached hydrogen (secondary N) is 1. The monoisotopic (exact) mass is 394 g/mol. The summed E-state index contributed by atoms with van der Waals surface area (Å²) in [5.74, 6) is 1.68. The van der Waals surface area contributed by atoms with Gasteiger partial charge in [-0.25, -0.2) is 10.4 Å². The van der Waals surface area contributed by atoms with Gasteiger partial charge in [-0.15, -0.1) is 0 Å². The number of carbonyl (C=O) groups excluding carboxylic acids is 1. The molecule has 0 aliphatic carbocycles. The van der Waals surface area contributed by atoms with E-state index in [-0.39, 0.29) is 12.5 Å². The lowest BCUT2D eigenvalue weighted by Gasteiger charge is -2.12. The van der Waals surface area contributed by atoms with Gasteiger partial charge in [0.05, 0.1) is 37.3 Å². The Morgan fingerprint density at radius 2 is 2.07 bits per heavy atom. The smallest absolute Gasteiger partial charge is 0.260 e. The summed E-state index contributed by atoms with van der Waals surface area (Å²) in [6, 6.07) is 13.2. The van der Waals surface area contributed by atoms with Gasteiger partial charge in [0.2, 0.25) is 0 Å². The van der Waals surface area contributed by atoms with Crippen LogP contribution >= 0.6 is 0 Å². The second-order valence-electron chi connectivity index (χ2n) is 7.10. The molecule has 1 heterocycles. The van der Waals surface area contributed by atoms with Crippen molar-refractivity contribution in [3.05, 3.63) is 54.4 Å². The average molecular weight is 394 g/mol. The second kappa shape index (κ2) is 9.73. The minimum atomic E-state index is -0.231. The molecule has 29 heavy (non-hydrogen) atoms. The van der Waals surface area contributed by atoms with Crippen LogP contribution < -0.4 is 14.9 Å². The molecule has 1 N–H and O–H groups in total. The maximum atomic E-state index is 12.2. The highest BCUT2D eigenvalue weighted by Gasteiger charge is 2.07. The van der Waals surface area contributed by atoms with Crippen molar-refractivity contribution in [2.75, 3.05) is 13.7 Å². The Labute approximate surface area is 170 Å². The number of hydrazone groups is 1. The first-order valence-corrected chi connectivity index (χ1v) is 9.59. The predicted octanol–water partition coefficient (Wildman–Crippen LogP) is 3.62. The molecule has 0 spiro atoms. The Kier molecular flexibility index (Phi) is 6.84. The number of carbonyl (C=O) groups is 1. The first-order valence-electron chi connectivity index (χ1n) is 9.59. The van der Waals surface area contributed by atoms with E-state index in [4.69, 9.17) is 9.47 Å². The SMILES string of the molecule is COc1cc(/C=N\NC(=O)Cn2cnc3ccccc32)ccc1OCCC(C)C. The summed E-state index contributed by atoms with van der Waals surface area (Å²) in [7, 11) is 1.60. The van der Waals surface area contributed by atoms with Crippen molar-refractivity contribution in [1.29, 1.82) is 0 Å². The van der Waals surface area contributed by atoms with Gasteiger partial charge in [-0.2, -0.15) is 5.10 Å². The number of rotatable bonds is 9. The first-order chi connectivity index (χ1) is 14.1. The van der Waals surface area contributed by atoms with Crippen molar-refractivity contribution >= 4 is 23.2 Å². The second-order valence-corrected chi connectivity index (χ2v) is 7.10. The van der Waals surface area contributed by atoms with Crippen LogP contribution in [0.1, 0.15) is 25.8 Å². The van der Waals surface area contributed by atoms with Crippen molar-refractivity contribution in [2.24, 2.45) is 11.0 Å². The van der Waals surface area contributed by atoms with Crippen LogP contribution in [0.4, 0.5) is 0 Å². The lowest BCUT2D eigenvalue weighted by atomic mass is 10.1. The lowest BCUT2D eigenvalue weighted by molar-refractivity contribution is -0.121. The van der Waals surface area contributed by atoms with Crippen molar-refractivity contribution < 1.29 is 14.3 Å². The van der Waals surface area contributed by atoms with E-state index in [2.05, 4.69) is 29.4 Å². The average Bonchev–Trinajstić information content (AvgIpc) is 3.11. The van der Waals surface area contributed by atoms with Crippen LogP contribution in [-0.4, -0.2) is 35.4 Å². The van der Waals surface area contributed by atoms with Crippen molar-refractivity contribution in [3.63, 3.8) is 0 Å². The van der Waals surface area contributed by atoms with E-state index in [1.165, 1.54) is 0 Å². The molecule has 2 aromatic carbocycles. The number of amides is 1. The van der Waals surface area contributed by atoms with E-state index in [0.717, 1.165) is 23.0 Å². The highest BCUT2D eigenvalue weighted by molar-refractivity contribution is 5.84. The van der Waals surface area contributed by atoms with Crippen LogP contribution in [0.25, 0.3) is 11.0 Å². The quantitative estimate of drug-likeness (QED) is 0.444. The highest BCUT2D eigenvalue weighted by atomic mass is 16.5. The number of imidazole rings is 1. The van der Waals surface area contributed by atoms with Crippen LogP contribution in [0.5, 0.6) is 11.5 Å². The molecule has 0 atom stereocenters. The van der Waals surface area contributed by atoms with Crippen molar-refractivity contribution in [2.45, 2.75) is 26.8 Å². The van der Waals surface area contributed by atoms with Crippen molar-refractivity contribution in [1.82, 2.24) is 15.0 Å². The van der Waals surface area contributed by atoms with Crippen LogP contribution in [0.15, 0.2) is 53.9 Å². The Hall–Kier alpha value is -3.35. The zero-order valence-electron chi connectivity index (χ0n) is 17.0. The first kappa shape index (κ1) is 20.4.